The van der Waals surface area contributed by atoms with E-state index in [0.29, 0.717) is 18.9 Å². The molecule has 0 amide bonds. The minimum atomic E-state index is -0.259. The van der Waals surface area contributed by atoms with Crippen LogP contribution in [-0.2, 0) is 6.42 Å². The van der Waals surface area contributed by atoms with Crippen molar-refractivity contribution in [1.29, 1.82) is 0 Å². The molecule has 0 heterocycles. The maximum atomic E-state index is 13.7. The summed E-state index contributed by atoms with van der Waals surface area (Å²) in [6.07, 6.45) is 0.758. The maximum Gasteiger partial charge on any atom is 0.123 e. The van der Waals surface area contributed by atoms with Crippen LogP contribution in [0.2, 0.25) is 0 Å². The van der Waals surface area contributed by atoms with Gasteiger partial charge in [0.25, 0.3) is 0 Å². The van der Waals surface area contributed by atoms with Gasteiger partial charge in [-0.3, -0.25) is 0 Å². The first-order valence-corrected chi connectivity index (χ1v) is 7.93. The molecule has 23 heavy (non-hydrogen) atoms. The molecule has 0 saturated heterocycles. The van der Waals surface area contributed by atoms with Crippen LogP contribution in [-0.4, -0.2) is 27.2 Å². The summed E-state index contributed by atoms with van der Waals surface area (Å²) in [7, 11) is 4.03. The number of rotatable bonds is 7. The van der Waals surface area contributed by atoms with Crippen molar-refractivity contribution in [1.82, 2.24) is 0 Å². The molecule has 0 bridgehead atoms. The lowest BCUT2D eigenvalue weighted by Crippen LogP contribution is -2.16. The minimum absolute atomic E-state index is 0.0254. The van der Waals surface area contributed by atoms with Gasteiger partial charge < -0.3 is 15.4 Å². The van der Waals surface area contributed by atoms with Crippen LogP contribution in [0.5, 0.6) is 5.75 Å². The van der Waals surface area contributed by atoms with Crippen molar-refractivity contribution < 1.29 is 9.13 Å². The molecule has 0 saturated carbocycles. The first-order chi connectivity index (χ1) is 11.0. The topological polar surface area (TPSA) is 38.5 Å². The van der Waals surface area contributed by atoms with Gasteiger partial charge >= 0.3 is 0 Å². The highest BCUT2D eigenvalue weighted by Crippen LogP contribution is 2.30. The zero-order chi connectivity index (χ0) is 16.8. The predicted octanol–water partition coefficient (Wildman–Crippen LogP) is 3.58. The number of nitrogens with zero attached hydrogens (tertiary/aromatic N) is 1. The van der Waals surface area contributed by atoms with Gasteiger partial charge in [-0.15, -0.1) is 0 Å². The second-order valence-corrected chi connectivity index (χ2v) is 5.81. The van der Waals surface area contributed by atoms with Crippen LogP contribution >= 0.6 is 0 Å². The summed E-state index contributed by atoms with van der Waals surface area (Å²) < 4.78 is 19.3. The van der Waals surface area contributed by atoms with Crippen LogP contribution in [0.1, 0.15) is 24.0 Å². The van der Waals surface area contributed by atoms with Gasteiger partial charge in [0.1, 0.15) is 11.6 Å². The van der Waals surface area contributed by atoms with E-state index in [0.717, 1.165) is 17.7 Å². The lowest BCUT2D eigenvalue weighted by molar-refractivity contribution is 0.333. The van der Waals surface area contributed by atoms with Crippen LogP contribution in [0.4, 0.5) is 10.1 Å². The molecule has 124 valence electrons. The van der Waals surface area contributed by atoms with E-state index in [-0.39, 0.29) is 11.7 Å². The van der Waals surface area contributed by atoms with E-state index in [2.05, 4.69) is 29.2 Å². The Balaban J connectivity index is 2.24. The molecule has 0 aliphatic rings. The van der Waals surface area contributed by atoms with Gasteiger partial charge in [0, 0.05) is 31.3 Å². The number of ether oxygens (including phenoxy) is 1. The van der Waals surface area contributed by atoms with Crippen LogP contribution in [0.3, 0.4) is 0 Å². The van der Waals surface area contributed by atoms with Crippen LogP contribution in [0.15, 0.2) is 42.5 Å². The molecular weight excluding hydrogens is 291 g/mol. The number of hydrogen-bond acceptors (Lipinski definition) is 3. The van der Waals surface area contributed by atoms with E-state index < -0.39 is 0 Å². The third kappa shape index (κ3) is 4.45. The van der Waals surface area contributed by atoms with Gasteiger partial charge in [0.15, 0.2) is 0 Å². The van der Waals surface area contributed by atoms with Crippen molar-refractivity contribution in [2.45, 2.75) is 19.3 Å². The third-order valence-electron chi connectivity index (χ3n) is 3.93. The molecule has 2 aromatic carbocycles. The van der Waals surface area contributed by atoms with Crippen molar-refractivity contribution in [2.75, 3.05) is 32.1 Å². The third-order valence-corrected chi connectivity index (χ3v) is 3.93. The summed E-state index contributed by atoms with van der Waals surface area (Å²) in [5, 5.41) is 0. The molecule has 0 spiro atoms. The molecule has 0 fully saturated rings. The summed E-state index contributed by atoms with van der Waals surface area (Å²) in [6.45, 7) is 2.91. The zero-order valence-corrected chi connectivity index (χ0v) is 14.1. The zero-order valence-electron chi connectivity index (χ0n) is 14.1. The van der Waals surface area contributed by atoms with Gasteiger partial charge in [-0.2, -0.15) is 0 Å². The first-order valence-electron chi connectivity index (χ1n) is 7.93. The van der Waals surface area contributed by atoms with Crippen molar-refractivity contribution in [3.63, 3.8) is 0 Å². The lowest BCUT2D eigenvalue weighted by Gasteiger charge is -2.20. The normalized spacial score (nSPS) is 12.0. The molecule has 0 aliphatic carbocycles. The van der Waals surface area contributed by atoms with Crippen molar-refractivity contribution >= 4 is 5.69 Å². The number of halogens is 1. The summed E-state index contributed by atoms with van der Waals surface area (Å²) in [5.41, 5.74) is 9.13. The highest BCUT2D eigenvalue weighted by molar-refractivity contribution is 5.46. The Morgan fingerprint density at radius 1 is 1.13 bits per heavy atom. The van der Waals surface area contributed by atoms with Crippen molar-refractivity contribution in [2.24, 2.45) is 5.73 Å². The monoisotopic (exact) mass is 316 g/mol. The van der Waals surface area contributed by atoms with E-state index in [1.165, 1.54) is 17.7 Å². The maximum absolute atomic E-state index is 13.7. The van der Waals surface area contributed by atoms with E-state index in [4.69, 9.17) is 10.5 Å². The average Bonchev–Trinajstić information content (AvgIpc) is 2.55. The molecule has 4 heteroatoms. The Hall–Kier alpha value is -2.07. The Morgan fingerprint density at radius 3 is 2.39 bits per heavy atom. The molecule has 1 atom stereocenters. The molecule has 3 nitrogen and oxygen atoms in total. The molecule has 0 radical (unpaired) electrons. The Bertz CT molecular complexity index is 626. The summed E-state index contributed by atoms with van der Waals surface area (Å²) in [6, 6.07) is 13.0. The Morgan fingerprint density at radius 2 is 1.83 bits per heavy atom. The van der Waals surface area contributed by atoms with Gasteiger partial charge in [-0.1, -0.05) is 12.1 Å². The van der Waals surface area contributed by atoms with Crippen molar-refractivity contribution in [3.8, 4) is 5.75 Å². The minimum Gasteiger partial charge on any atom is -0.494 e. The van der Waals surface area contributed by atoms with Crippen LogP contribution in [0.25, 0.3) is 0 Å². The number of nitrogens with two attached hydrogens (primary N) is 1. The fourth-order valence-corrected chi connectivity index (χ4v) is 2.66. The number of benzene rings is 2. The highest BCUT2D eigenvalue weighted by Gasteiger charge is 2.17. The summed E-state index contributed by atoms with van der Waals surface area (Å²) >= 11 is 0. The van der Waals surface area contributed by atoms with E-state index in [9.17, 15) is 4.39 Å². The largest absolute Gasteiger partial charge is 0.494 e. The molecule has 2 aromatic rings. The lowest BCUT2D eigenvalue weighted by atomic mass is 9.91. The van der Waals surface area contributed by atoms with E-state index >= 15 is 0 Å². The van der Waals surface area contributed by atoms with Crippen LogP contribution < -0.4 is 15.4 Å². The second-order valence-electron chi connectivity index (χ2n) is 5.81. The van der Waals surface area contributed by atoms with Gasteiger partial charge in [-0.25, -0.2) is 4.39 Å². The van der Waals surface area contributed by atoms with E-state index in [1.807, 2.05) is 21.0 Å². The molecule has 0 aromatic heterocycles. The van der Waals surface area contributed by atoms with Gasteiger partial charge in [0.05, 0.1) is 6.61 Å². The van der Waals surface area contributed by atoms with Crippen LogP contribution in [0, 0.1) is 5.82 Å². The summed E-state index contributed by atoms with van der Waals surface area (Å²) in [4.78, 5) is 2.06. The van der Waals surface area contributed by atoms with E-state index in [1.54, 1.807) is 6.07 Å². The van der Waals surface area contributed by atoms with Gasteiger partial charge in [0.2, 0.25) is 0 Å². The fourth-order valence-electron chi connectivity index (χ4n) is 2.66. The molecular formula is C19H25FN2O. The Labute approximate surface area is 137 Å². The van der Waals surface area contributed by atoms with Gasteiger partial charge in [-0.05, 0) is 55.8 Å². The standard InChI is InChI=1S/C19H25FN2O/c1-4-23-19-10-7-16(20)12-18(19)15(13-21)11-14-5-8-17(9-6-14)22(2)3/h5-10,12,15H,4,11,13,21H2,1-3H3. The van der Waals surface area contributed by atoms with Crippen molar-refractivity contribution in [3.05, 3.63) is 59.4 Å². The first kappa shape index (κ1) is 17.3. The average molecular weight is 316 g/mol. The predicted molar refractivity (Wildman–Crippen MR) is 93.8 cm³/mol. The summed E-state index contributed by atoms with van der Waals surface area (Å²) in [5.74, 6) is 0.483. The molecule has 2 N–H and O–H groups in total. The Kier molecular flexibility index (Phi) is 5.99. The molecule has 1 unspecified atom stereocenters. The highest BCUT2D eigenvalue weighted by atomic mass is 19.1. The second kappa shape index (κ2) is 7.97. The fraction of sp³-hybridized carbons (Fsp3) is 0.368. The molecule has 2 rings (SSSR count). The SMILES string of the molecule is CCOc1ccc(F)cc1C(CN)Cc1ccc(N(C)C)cc1. The smallest absolute Gasteiger partial charge is 0.123 e. The quantitative estimate of drug-likeness (QED) is 0.848. The number of anilines is 1. The molecule has 0 aliphatic heterocycles. The number of hydrogen-bond donors (Lipinski definition) is 1.